The third kappa shape index (κ3) is 4.28. The summed E-state index contributed by atoms with van der Waals surface area (Å²) >= 11 is 5.97. The van der Waals surface area contributed by atoms with Crippen molar-refractivity contribution in [3.05, 3.63) is 22.2 Å². The zero-order valence-electron chi connectivity index (χ0n) is 11.3. The Balaban J connectivity index is 2.71. The van der Waals surface area contributed by atoms with Crippen LogP contribution in [0.25, 0.3) is 0 Å². The standard InChI is InChI=1S/C12H15ClF4N2O/c1-6(2)9-7(3)18-8(19-10(9)13)4-20-5-12(16,17)11(14)15/h6,11H,4-5H2,1-3H3. The summed E-state index contributed by atoms with van der Waals surface area (Å²) in [5, 5.41) is 0.215. The minimum atomic E-state index is -4.18. The molecule has 8 heteroatoms. The van der Waals surface area contributed by atoms with Gasteiger partial charge in [0.05, 0.1) is 0 Å². The fraction of sp³-hybridized carbons (Fsp3) is 0.667. The topological polar surface area (TPSA) is 35.0 Å². The number of hydrogen-bond acceptors (Lipinski definition) is 3. The maximum absolute atomic E-state index is 12.6. The first-order valence-electron chi connectivity index (χ1n) is 5.91. The zero-order valence-corrected chi connectivity index (χ0v) is 12.0. The predicted molar refractivity (Wildman–Crippen MR) is 66.5 cm³/mol. The summed E-state index contributed by atoms with van der Waals surface area (Å²) in [5.41, 5.74) is 1.37. The van der Waals surface area contributed by atoms with Gasteiger partial charge in [-0.3, -0.25) is 0 Å². The molecule has 0 saturated heterocycles. The SMILES string of the molecule is Cc1nc(COCC(F)(F)C(F)F)nc(Cl)c1C(C)C. The number of hydrogen-bond donors (Lipinski definition) is 0. The van der Waals surface area contributed by atoms with Crippen LogP contribution in [0.5, 0.6) is 0 Å². The van der Waals surface area contributed by atoms with Crippen molar-refractivity contribution >= 4 is 11.6 Å². The fourth-order valence-electron chi connectivity index (χ4n) is 1.66. The zero-order chi connectivity index (χ0) is 15.5. The van der Waals surface area contributed by atoms with Crippen molar-refractivity contribution < 1.29 is 22.3 Å². The molecule has 0 unspecified atom stereocenters. The molecule has 0 atom stereocenters. The van der Waals surface area contributed by atoms with Crippen LogP contribution in [0.3, 0.4) is 0 Å². The average molecular weight is 315 g/mol. The molecule has 0 saturated carbocycles. The van der Waals surface area contributed by atoms with Crippen molar-refractivity contribution in [3.8, 4) is 0 Å². The number of rotatable bonds is 6. The molecule has 0 aliphatic carbocycles. The van der Waals surface area contributed by atoms with Gasteiger partial charge in [-0.15, -0.1) is 0 Å². The van der Waals surface area contributed by atoms with Gasteiger partial charge in [-0.2, -0.15) is 8.78 Å². The Labute approximate surface area is 119 Å². The van der Waals surface area contributed by atoms with Crippen LogP contribution in [0.4, 0.5) is 17.6 Å². The van der Waals surface area contributed by atoms with Crippen LogP contribution in [0.2, 0.25) is 5.15 Å². The molecule has 114 valence electrons. The van der Waals surface area contributed by atoms with E-state index >= 15 is 0 Å². The molecular formula is C12H15ClF4N2O. The van der Waals surface area contributed by atoms with Crippen LogP contribution in [0, 0.1) is 6.92 Å². The van der Waals surface area contributed by atoms with Gasteiger partial charge in [0, 0.05) is 11.3 Å². The van der Waals surface area contributed by atoms with Crippen LogP contribution < -0.4 is 0 Å². The van der Waals surface area contributed by atoms with E-state index < -0.39 is 25.6 Å². The van der Waals surface area contributed by atoms with Crippen LogP contribution in [-0.4, -0.2) is 28.9 Å². The Morgan fingerprint density at radius 2 is 1.85 bits per heavy atom. The van der Waals surface area contributed by atoms with Crippen molar-refractivity contribution in [1.82, 2.24) is 9.97 Å². The minimum Gasteiger partial charge on any atom is -0.367 e. The first-order chi connectivity index (χ1) is 9.15. The van der Waals surface area contributed by atoms with E-state index in [1.54, 1.807) is 6.92 Å². The second-order valence-electron chi connectivity index (χ2n) is 4.64. The largest absolute Gasteiger partial charge is 0.367 e. The summed E-state index contributed by atoms with van der Waals surface area (Å²) in [6.45, 7) is 3.74. The Bertz CT molecular complexity index is 446. The van der Waals surface area contributed by atoms with Gasteiger partial charge in [0.15, 0.2) is 5.82 Å². The lowest BCUT2D eigenvalue weighted by atomic mass is 10.0. The van der Waals surface area contributed by atoms with Crippen LogP contribution in [0.1, 0.15) is 36.8 Å². The van der Waals surface area contributed by atoms with E-state index in [9.17, 15) is 17.6 Å². The molecule has 20 heavy (non-hydrogen) atoms. The summed E-state index contributed by atoms with van der Waals surface area (Å²) in [4.78, 5) is 7.98. The molecule has 3 nitrogen and oxygen atoms in total. The molecular weight excluding hydrogens is 300 g/mol. The molecule has 0 aliphatic heterocycles. The third-order valence-electron chi connectivity index (χ3n) is 2.56. The number of ether oxygens (including phenoxy) is 1. The molecule has 0 amide bonds. The van der Waals surface area contributed by atoms with Gasteiger partial charge in [0.1, 0.15) is 18.4 Å². The Kier molecular flexibility index (Phi) is 5.70. The van der Waals surface area contributed by atoms with Gasteiger partial charge in [-0.05, 0) is 12.8 Å². The van der Waals surface area contributed by atoms with Crippen LogP contribution >= 0.6 is 11.6 Å². The molecule has 0 N–H and O–H groups in total. The van der Waals surface area contributed by atoms with E-state index in [2.05, 4.69) is 14.7 Å². The van der Waals surface area contributed by atoms with Crippen LogP contribution in [-0.2, 0) is 11.3 Å². The Morgan fingerprint density at radius 1 is 1.25 bits per heavy atom. The van der Waals surface area contributed by atoms with E-state index in [0.29, 0.717) is 5.69 Å². The predicted octanol–water partition coefficient (Wildman–Crippen LogP) is 3.98. The second kappa shape index (κ2) is 6.67. The molecule has 0 spiro atoms. The van der Waals surface area contributed by atoms with Crippen molar-refractivity contribution in [2.24, 2.45) is 0 Å². The number of aromatic nitrogens is 2. The summed E-state index contributed by atoms with van der Waals surface area (Å²) < 4.78 is 53.7. The number of aryl methyl sites for hydroxylation is 1. The quantitative estimate of drug-likeness (QED) is 0.588. The second-order valence-corrected chi connectivity index (χ2v) is 5.00. The molecule has 0 bridgehead atoms. The van der Waals surface area contributed by atoms with Crippen molar-refractivity contribution in [3.63, 3.8) is 0 Å². The highest BCUT2D eigenvalue weighted by atomic mass is 35.5. The summed E-state index contributed by atoms with van der Waals surface area (Å²) in [5.74, 6) is -3.99. The number of halogens is 5. The van der Waals surface area contributed by atoms with Gasteiger partial charge in [-0.1, -0.05) is 25.4 Å². The van der Waals surface area contributed by atoms with Gasteiger partial charge in [0.2, 0.25) is 0 Å². The molecule has 1 aromatic heterocycles. The smallest absolute Gasteiger partial charge is 0.330 e. The van der Waals surface area contributed by atoms with Gasteiger partial charge in [0.25, 0.3) is 0 Å². The third-order valence-corrected chi connectivity index (χ3v) is 2.85. The van der Waals surface area contributed by atoms with E-state index in [-0.39, 0.29) is 16.9 Å². The summed E-state index contributed by atoms with van der Waals surface area (Å²) in [6.07, 6.45) is -3.77. The Morgan fingerprint density at radius 3 is 2.30 bits per heavy atom. The van der Waals surface area contributed by atoms with Crippen molar-refractivity contribution in [2.75, 3.05) is 6.61 Å². The Hall–Kier alpha value is -0.950. The van der Waals surface area contributed by atoms with Crippen LogP contribution in [0.15, 0.2) is 0 Å². The molecule has 1 heterocycles. The monoisotopic (exact) mass is 314 g/mol. The molecule has 1 aromatic rings. The van der Waals surface area contributed by atoms with E-state index in [4.69, 9.17) is 11.6 Å². The highest BCUT2D eigenvalue weighted by Crippen LogP contribution is 2.26. The normalized spacial score (nSPS) is 12.5. The van der Waals surface area contributed by atoms with Gasteiger partial charge >= 0.3 is 12.3 Å². The molecule has 1 rings (SSSR count). The summed E-state index contributed by atoms with van der Waals surface area (Å²) in [6, 6.07) is 0. The lowest BCUT2D eigenvalue weighted by Gasteiger charge is -2.15. The van der Waals surface area contributed by atoms with Crippen molar-refractivity contribution in [2.45, 2.75) is 45.6 Å². The van der Waals surface area contributed by atoms with Gasteiger partial charge < -0.3 is 4.74 Å². The molecule has 0 radical (unpaired) electrons. The molecule has 0 aromatic carbocycles. The fourth-order valence-corrected chi connectivity index (χ4v) is 2.12. The van der Waals surface area contributed by atoms with Gasteiger partial charge in [-0.25, -0.2) is 18.7 Å². The first kappa shape index (κ1) is 17.1. The average Bonchev–Trinajstić information content (AvgIpc) is 2.26. The highest BCUT2D eigenvalue weighted by Gasteiger charge is 2.41. The maximum atomic E-state index is 12.6. The molecule has 0 fully saturated rings. The number of nitrogens with zero attached hydrogens (tertiary/aromatic N) is 2. The highest BCUT2D eigenvalue weighted by molar-refractivity contribution is 6.30. The lowest BCUT2D eigenvalue weighted by Crippen LogP contribution is -2.32. The summed E-state index contributed by atoms with van der Waals surface area (Å²) in [7, 11) is 0. The van der Waals surface area contributed by atoms with E-state index in [1.807, 2.05) is 13.8 Å². The first-order valence-corrected chi connectivity index (χ1v) is 6.29. The van der Waals surface area contributed by atoms with Crippen molar-refractivity contribution in [1.29, 1.82) is 0 Å². The van der Waals surface area contributed by atoms with E-state index in [0.717, 1.165) is 5.56 Å². The van der Waals surface area contributed by atoms with E-state index in [1.165, 1.54) is 0 Å². The minimum absolute atomic E-state index is 0.0852. The lowest BCUT2D eigenvalue weighted by molar-refractivity contribution is -0.168. The maximum Gasteiger partial charge on any atom is 0.330 e. The molecule has 0 aliphatic rings. The number of alkyl halides is 4.